The fraction of sp³-hybridized carbons (Fsp3) is 1.00. The Labute approximate surface area is 58.5 Å². The van der Waals surface area contributed by atoms with Crippen molar-refractivity contribution in [2.24, 2.45) is 5.92 Å². The van der Waals surface area contributed by atoms with Crippen LogP contribution in [0.2, 0.25) is 0 Å². The number of fused-ring (bicyclic) bond motifs is 1. The molecule has 0 radical (unpaired) electrons. The van der Waals surface area contributed by atoms with Gasteiger partial charge in [-0.15, -0.1) is 0 Å². The maximum Gasteiger partial charge on any atom is 0.0971 e. The first-order chi connectivity index (χ1) is 4.75. The lowest BCUT2D eigenvalue weighted by atomic mass is 10.1. The molecule has 2 fully saturated rings. The van der Waals surface area contributed by atoms with Crippen LogP contribution >= 0.6 is 0 Å². The van der Waals surface area contributed by atoms with Gasteiger partial charge in [-0.1, -0.05) is 0 Å². The van der Waals surface area contributed by atoms with E-state index in [2.05, 4.69) is 5.32 Å². The summed E-state index contributed by atoms with van der Waals surface area (Å²) in [6, 6.07) is 0.183. The van der Waals surface area contributed by atoms with Crippen LogP contribution in [0.1, 0.15) is 0 Å². The Morgan fingerprint density at radius 3 is 2.10 bits per heavy atom. The molecule has 2 rings (SSSR count). The first kappa shape index (κ1) is 6.54. The van der Waals surface area contributed by atoms with Crippen LogP contribution in [0.4, 0.5) is 0 Å². The Morgan fingerprint density at radius 2 is 1.80 bits per heavy atom. The molecule has 0 aromatic heterocycles. The summed E-state index contributed by atoms with van der Waals surface area (Å²) in [4.78, 5) is 0. The molecule has 1 aliphatic carbocycles. The molecular weight excluding hydrogens is 134 g/mol. The van der Waals surface area contributed by atoms with Gasteiger partial charge in [-0.05, 0) is 0 Å². The molecule has 1 aliphatic heterocycles. The Hall–Kier alpha value is -0.160. The van der Waals surface area contributed by atoms with Gasteiger partial charge in [-0.2, -0.15) is 0 Å². The number of piperidine rings is 1. The summed E-state index contributed by atoms with van der Waals surface area (Å²) in [5, 5.41) is 30.1. The summed E-state index contributed by atoms with van der Waals surface area (Å²) in [5.74, 6) is -0.167. The van der Waals surface area contributed by atoms with E-state index >= 15 is 0 Å². The van der Waals surface area contributed by atoms with Gasteiger partial charge in [0.1, 0.15) is 0 Å². The zero-order valence-electron chi connectivity index (χ0n) is 5.44. The standard InChI is InChI=1S/C6H11NO3/c8-1-2-3-4(7-3)6(10)5(2)9/h2-10H,1H2/t2-,3+,4+,5+,6+/m0/s1. The molecule has 0 aromatic carbocycles. The van der Waals surface area contributed by atoms with Gasteiger partial charge in [0, 0.05) is 12.0 Å². The quantitative estimate of drug-likeness (QED) is 0.312. The third kappa shape index (κ3) is 0.645. The van der Waals surface area contributed by atoms with Crippen molar-refractivity contribution in [1.29, 1.82) is 0 Å². The molecule has 1 saturated heterocycles. The van der Waals surface area contributed by atoms with E-state index in [0.29, 0.717) is 0 Å². The Bertz CT molecular complexity index is 152. The monoisotopic (exact) mass is 145 g/mol. The molecule has 2 aliphatic rings. The van der Waals surface area contributed by atoms with Crippen molar-refractivity contribution < 1.29 is 15.3 Å². The van der Waals surface area contributed by atoms with E-state index in [0.717, 1.165) is 0 Å². The van der Waals surface area contributed by atoms with Crippen LogP contribution in [0.25, 0.3) is 0 Å². The Kier molecular flexibility index (Phi) is 1.25. The van der Waals surface area contributed by atoms with Crippen molar-refractivity contribution >= 4 is 0 Å². The summed E-state index contributed by atoms with van der Waals surface area (Å²) >= 11 is 0. The molecule has 1 heterocycles. The topological polar surface area (TPSA) is 82.6 Å². The fourth-order valence-corrected chi connectivity index (χ4v) is 1.77. The highest BCUT2D eigenvalue weighted by molar-refractivity contribution is 5.16. The highest BCUT2D eigenvalue weighted by atomic mass is 16.3. The van der Waals surface area contributed by atoms with Crippen LogP contribution in [-0.4, -0.2) is 46.2 Å². The molecule has 0 unspecified atom stereocenters. The molecule has 0 spiro atoms. The number of aliphatic hydroxyl groups excluding tert-OH is 3. The molecule has 0 amide bonds. The van der Waals surface area contributed by atoms with Gasteiger partial charge in [0.15, 0.2) is 0 Å². The maximum absolute atomic E-state index is 9.21. The van der Waals surface area contributed by atoms with Gasteiger partial charge in [-0.25, -0.2) is 0 Å². The van der Waals surface area contributed by atoms with Gasteiger partial charge in [-0.3, -0.25) is 0 Å². The summed E-state index contributed by atoms with van der Waals surface area (Å²) in [5.41, 5.74) is 0. The predicted octanol–water partition coefficient (Wildman–Crippen LogP) is -2.33. The van der Waals surface area contributed by atoms with E-state index in [1.165, 1.54) is 0 Å². The molecule has 0 aromatic rings. The predicted molar refractivity (Wildman–Crippen MR) is 33.3 cm³/mol. The SMILES string of the molecule is OC[C@@H]1[C@@H](O)[C@H](O)[C@@H]2N[C@H]12. The second-order valence-electron chi connectivity index (χ2n) is 3.05. The van der Waals surface area contributed by atoms with Crippen LogP contribution in [-0.2, 0) is 0 Å². The van der Waals surface area contributed by atoms with Crippen LogP contribution in [0, 0.1) is 5.92 Å². The lowest BCUT2D eigenvalue weighted by Gasteiger charge is -2.17. The highest BCUT2D eigenvalue weighted by Crippen LogP contribution is 2.36. The van der Waals surface area contributed by atoms with Crippen molar-refractivity contribution in [3.8, 4) is 0 Å². The number of hydrogen-bond acceptors (Lipinski definition) is 4. The molecule has 4 N–H and O–H groups in total. The average molecular weight is 145 g/mol. The van der Waals surface area contributed by atoms with E-state index in [1.807, 2.05) is 0 Å². The van der Waals surface area contributed by atoms with Crippen molar-refractivity contribution in [2.75, 3.05) is 6.61 Å². The number of hydrogen-bond donors (Lipinski definition) is 4. The molecule has 5 atom stereocenters. The first-order valence-electron chi connectivity index (χ1n) is 3.48. The van der Waals surface area contributed by atoms with E-state index in [1.54, 1.807) is 0 Å². The molecular formula is C6H11NO3. The molecule has 58 valence electrons. The van der Waals surface area contributed by atoms with Crippen LogP contribution < -0.4 is 5.32 Å². The number of rotatable bonds is 1. The fourth-order valence-electron chi connectivity index (χ4n) is 1.77. The minimum atomic E-state index is -0.735. The molecule has 4 nitrogen and oxygen atoms in total. The van der Waals surface area contributed by atoms with Crippen LogP contribution in [0.15, 0.2) is 0 Å². The minimum Gasteiger partial charge on any atom is -0.396 e. The Morgan fingerprint density at radius 1 is 1.10 bits per heavy atom. The van der Waals surface area contributed by atoms with Gasteiger partial charge >= 0.3 is 0 Å². The van der Waals surface area contributed by atoms with E-state index in [4.69, 9.17) is 5.11 Å². The largest absolute Gasteiger partial charge is 0.396 e. The van der Waals surface area contributed by atoms with Crippen molar-refractivity contribution in [3.05, 3.63) is 0 Å². The van der Waals surface area contributed by atoms with Crippen LogP contribution in [0.3, 0.4) is 0 Å². The van der Waals surface area contributed by atoms with Gasteiger partial charge in [0.25, 0.3) is 0 Å². The number of aliphatic hydroxyl groups is 3. The highest BCUT2D eigenvalue weighted by Gasteiger charge is 2.58. The lowest BCUT2D eigenvalue weighted by Crippen LogP contribution is -2.36. The second kappa shape index (κ2) is 1.92. The average Bonchev–Trinajstić information content (AvgIpc) is 2.63. The summed E-state index contributed by atoms with van der Waals surface area (Å²) in [6.07, 6.45) is -1.41. The Balaban J connectivity index is 2.09. The first-order valence-corrected chi connectivity index (χ1v) is 3.48. The zero-order valence-corrected chi connectivity index (χ0v) is 5.44. The van der Waals surface area contributed by atoms with Gasteiger partial charge in [0.05, 0.1) is 24.9 Å². The van der Waals surface area contributed by atoms with Gasteiger partial charge < -0.3 is 20.6 Å². The summed E-state index contributed by atoms with van der Waals surface area (Å²) < 4.78 is 0. The van der Waals surface area contributed by atoms with E-state index in [-0.39, 0.29) is 24.6 Å². The second-order valence-corrected chi connectivity index (χ2v) is 3.05. The lowest BCUT2D eigenvalue weighted by molar-refractivity contribution is -0.00798. The molecule has 0 bridgehead atoms. The van der Waals surface area contributed by atoms with Crippen molar-refractivity contribution in [2.45, 2.75) is 24.3 Å². The summed E-state index contributed by atoms with van der Waals surface area (Å²) in [7, 11) is 0. The third-order valence-electron chi connectivity index (χ3n) is 2.49. The van der Waals surface area contributed by atoms with Crippen molar-refractivity contribution in [1.82, 2.24) is 5.32 Å². The van der Waals surface area contributed by atoms with Gasteiger partial charge in [0.2, 0.25) is 0 Å². The molecule has 10 heavy (non-hydrogen) atoms. The molecule has 4 heteroatoms. The van der Waals surface area contributed by atoms with E-state index < -0.39 is 12.2 Å². The third-order valence-corrected chi connectivity index (χ3v) is 2.49. The number of nitrogens with one attached hydrogen (secondary N) is 1. The van der Waals surface area contributed by atoms with Crippen LogP contribution in [0.5, 0.6) is 0 Å². The smallest absolute Gasteiger partial charge is 0.0971 e. The normalized spacial score (nSPS) is 58.5. The summed E-state index contributed by atoms with van der Waals surface area (Å²) in [6.45, 7) is -0.0492. The van der Waals surface area contributed by atoms with E-state index in [9.17, 15) is 10.2 Å². The zero-order chi connectivity index (χ0) is 7.30. The minimum absolute atomic E-state index is 0.0344. The maximum atomic E-state index is 9.21. The molecule has 1 saturated carbocycles. The van der Waals surface area contributed by atoms with Crippen molar-refractivity contribution in [3.63, 3.8) is 0 Å².